The summed E-state index contributed by atoms with van der Waals surface area (Å²) < 4.78 is 31.5. The van der Waals surface area contributed by atoms with E-state index in [0.717, 1.165) is 5.56 Å². The van der Waals surface area contributed by atoms with E-state index < -0.39 is 26.9 Å². The molecule has 0 aliphatic rings. The number of carbonyl (C=O) groups excluding carboxylic acids is 2. The fourth-order valence-corrected chi connectivity index (χ4v) is 4.14. The molecule has 1 aromatic carbocycles. The zero-order chi connectivity index (χ0) is 20.0. The molecule has 1 aromatic heterocycles. The Balaban J connectivity index is 2.28. The van der Waals surface area contributed by atoms with Gasteiger partial charge in [0, 0.05) is 13.1 Å². The molecule has 0 unspecified atom stereocenters. The molecule has 0 fully saturated rings. The third-order valence-corrected chi connectivity index (χ3v) is 6.18. The minimum absolute atomic E-state index is 0.126. The molecule has 8 heteroatoms. The van der Waals surface area contributed by atoms with Gasteiger partial charge in [0.15, 0.2) is 9.84 Å². The molecule has 2 N–H and O–H groups in total. The van der Waals surface area contributed by atoms with E-state index in [9.17, 15) is 18.0 Å². The van der Waals surface area contributed by atoms with Gasteiger partial charge in [-0.25, -0.2) is 8.42 Å². The molecule has 0 spiro atoms. The van der Waals surface area contributed by atoms with Crippen molar-refractivity contribution >= 4 is 21.7 Å². The van der Waals surface area contributed by atoms with Gasteiger partial charge >= 0.3 is 11.8 Å². The van der Waals surface area contributed by atoms with E-state index in [1.807, 2.05) is 13.8 Å². The number of carbonyl (C=O) groups is 2. The van der Waals surface area contributed by atoms with Crippen molar-refractivity contribution in [3.63, 3.8) is 0 Å². The molecule has 0 radical (unpaired) electrons. The van der Waals surface area contributed by atoms with Gasteiger partial charge in [0.2, 0.25) is 0 Å². The van der Waals surface area contributed by atoms with Gasteiger partial charge in [0.05, 0.1) is 11.2 Å². The van der Waals surface area contributed by atoms with Crippen LogP contribution in [0.25, 0.3) is 0 Å². The quantitative estimate of drug-likeness (QED) is 0.703. The van der Waals surface area contributed by atoms with E-state index >= 15 is 0 Å². The Morgan fingerprint density at radius 3 is 2.19 bits per heavy atom. The van der Waals surface area contributed by atoms with Crippen LogP contribution in [0.4, 0.5) is 0 Å². The molecular formula is C19H24N2O5S. The molecule has 2 amide bonds. The van der Waals surface area contributed by atoms with Crippen molar-refractivity contribution in [1.29, 1.82) is 0 Å². The second-order valence-corrected chi connectivity index (χ2v) is 8.47. The van der Waals surface area contributed by atoms with Crippen molar-refractivity contribution in [2.24, 2.45) is 0 Å². The summed E-state index contributed by atoms with van der Waals surface area (Å²) in [6.07, 6.45) is 1.37. The SMILES string of the molecule is CCNC(=O)C(=O)NC[C@@H](c1ccco1)S(=O)(=O)c1ccc(C(C)C)cc1. The number of benzene rings is 1. The zero-order valence-corrected chi connectivity index (χ0v) is 16.4. The summed E-state index contributed by atoms with van der Waals surface area (Å²) in [6, 6.07) is 9.74. The summed E-state index contributed by atoms with van der Waals surface area (Å²) in [7, 11) is -3.84. The first kappa shape index (κ1) is 20.7. The highest BCUT2D eigenvalue weighted by Crippen LogP contribution is 2.29. The number of furan rings is 1. The summed E-state index contributed by atoms with van der Waals surface area (Å²) >= 11 is 0. The van der Waals surface area contributed by atoms with Crippen LogP contribution in [0, 0.1) is 0 Å². The van der Waals surface area contributed by atoms with Crippen LogP contribution in [0.5, 0.6) is 0 Å². The number of nitrogens with one attached hydrogen (secondary N) is 2. The molecule has 2 rings (SSSR count). The smallest absolute Gasteiger partial charge is 0.309 e. The molecule has 0 saturated carbocycles. The Kier molecular flexibility index (Phi) is 6.79. The Hall–Kier alpha value is -2.61. The number of sulfone groups is 1. The van der Waals surface area contributed by atoms with Crippen LogP contribution in [-0.2, 0) is 19.4 Å². The highest BCUT2D eigenvalue weighted by Gasteiger charge is 2.32. The van der Waals surface area contributed by atoms with Crippen LogP contribution in [0.15, 0.2) is 52.0 Å². The van der Waals surface area contributed by atoms with Crippen molar-refractivity contribution < 1.29 is 22.4 Å². The lowest BCUT2D eigenvalue weighted by atomic mass is 10.0. The van der Waals surface area contributed by atoms with Crippen LogP contribution in [0.2, 0.25) is 0 Å². The normalized spacial score (nSPS) is 12.6. The molecule has 0 aliphatic carbocycles. The van der Waals surface area contributed by atoms with E-state index in [-0.39, 0.29) is 23.1 Å². The zero-order valence-electron chi connectivity index (χ0n) is 15.6. The number of hydrogen-bond donors (Lipinski definition) is 2. The van der Waals surface area contributed by atoms with Gasteiger partial charge in [-0.05, 0) is 42.7 Å². The predicted octanol–water partition coefficient (Wildman–Crippen LogP) is 2.17. The standard InChI is InChI=1S/C19H24N2O5S/c1-4-20-18(22)19(23)21-12-17(16-6-5-11-26-16)27(24,25)15-9-7-14(8-10-15)13(2)3/h5-11,13,17H,4,12H2,1-3H3,(H,20,22)(H,21,23)/t17-/m0/s1. The summed E-state index contributed by atoms with van der Waals surface area (Å²) in [5.41, 5.74) is 1.02. The maximum atomic E-state index is 13.1. The minimum atomic E-state index is -3.84. The van der Waals surface area contributed by atoms with Crippen molar-refractivity contribution in [1.82, 2.24) is 10.6 Å². The predicted molar refractivity (Wildman–Crippen MR) is 101 cm³/mol. The van der Waals surface area contributed by atoms with Gasteiger partial charge in [0.25, 0.3) is 0 Å². The minimum Gasteiger partial charge on any atom is -0.468 e. The molecular weight excluding hydrogens is 368 g/mol. The number of likely N-dealkylation sites (N-methyl/N-ethyl adjacent to an activating group) is 1. The highest BCUT2D eigenvalue weighted by atomic mass is 32.2. The molecule has 27 heavy (non-hydrogen) atoms. The van der Waals surface area contributed by atoms with E-state index in [2.05, 4.69) is 10.6 Å². The van der Waals surface area contributed by atoms with Gasteiger partial charge in [-0.15, -0.1) is 0 Å². The topological polar surface area (TPSA) is 105 Å². The first-order valence-corrected chi connectivity index (χ1v) is 10.2. The van der Waals surface area contributed by atoms with Gasteiger partial charge in [-0.3, -0.25) is 9.59 Å². The molecule has 7 nitrogen and oxygen atoms in total. The van der Waals surface area contributed by atoms with Crippen molar-refractivity contribution in [2.45, 2.75) is 36.8 Å². The average Bonchev–Trinajstić information content (AvgIpc) is 3.16. The van der Waals surface area contributed by atoms with Crippen LogP contribution < -0.4 is 10.6 Å². The fraction of sp³-hybridized carbons (Fsp3) is 0.368. The summed E-state index contributed by atoms with van der Waals surface area (Å²) in [4.78, 5) is 23.5. The second-order valence-electron chi connectivity index (χ2n) is 6.34. The molecule has 1 atom stereocenters. The Morgan fingerprint density at radius 1 is 1.04 bits per heavy atom. The van der Waals surface area contributed by atoms with Crippen molar-refractivity contribution in [3.05, 3.63) is 54.0 Å². The average molecular weight is 392 g/mol. The van der Waals surface area contributed by atoms with Crippen molar-refractivity contribution in [2.75, 3.05) is 13.1 Å². The van der Waals surface area contributed by atoms with Gasteiger partial charge in [0.1, 0.15) is 11.0 Å². The number of hydrogen-bond acceptors (Lipinski definition) is 5. The number of rotatable bonds is 7. The third-order valence-electron chi connectivity index (χ3n) is 4.10. The lowest BCUT2D eigenvalue weighted by Crippen LogP contribution is -2.42. The fourth-order valence-electron chi connectivity index (χ4n) is 2.55. The summed E-state index contributed by atoms with van der Waals surface area (Å²) in [6.45, 7) is 5.74. The van der Waals surface area contributed by atoms with Crippen LogP contribution >= 0.6 is 0 Å². The van der Waals surface area contributed by atoms with E-state index in [4.69, 9.17) is 4.42 Å². The lowest BCUT2D eigenvalue weighted by Gasteiger charge is -2.17. The molecule has 1 heterocycles. The highest BCUT2D eigenvalue weighted by molar-refractivity contribution is 7.91. The maximum absolute atomic E-state index is 13.1. The van der Waals surface area contributed by atoms with Crippen LogP contribution in [0.3, 0.4) is 0 Å². The Labute approximate surface area is 159 Å². The Bertz CT molecular complexity index is 871. The number of amides is 2. The van der Waals surface area contributed by atoms with Gasteiger partial charge in [-0.1, -0.05) is 26.0 Å². The van der Waals surface area contributed by atoms with Gasteiger partial charge < -0.3 is 15.1 Å². The van der Waals surface area contributed by atoms with Crippen LogP contribution in [0.1, 0.15) is 43.3 Å². The second kappa shape index (κ2) is 8.85. The van der Waals surface area contributed by atoms with E-state index in [0.29, 0.717) is 6.54 Å². The monoisotopic (exact) mass is 392 g/mol. The molecule has 0 aliphatic heterocycles. The van der Waals surface area contributed by atoms with Crippen molar-refractivity contribution in [3.8, 4) is 0 Å². The summed E-state index contributed by atoms with van der Waals surface area (Å²) in [5.74, 6) is -1.23. The largest absolute Gasteiger partial charge is 0.468 e. The van der Waals surface area contributed by atoms with E-state index in [1.54, 1.807) is 37.3 Å². The molecule has 2 aromatic rings. The van der Waals surface area contributed by atoms with E-state index in [1.165, 1.54) is 12.3 Å². The summed E-state index contributed by atoms with van der Waals surface area (Å²) in [5, 5.41) is 3.60. The van der Waals surface area contributed by atoms with Gasteiger partial charge in [-0.2, -0.15) is 0 Å². The Morgan fingerprint density at radius 2 is 1.67 bits per heavy atom. The molecule has 0 bridgehead atoms. The first-order valence-electron chi connectivity index (χ1n) is 8.70. The maximum Gasteiger partial charge on any atom is 0.309 e. The van der Waals surface area contributed by atoms with Crippen LogP contribution in [-0.4, -0.2) is 33.3 Å². The molecule has 146 valence electrons. The third kappa shape index (κ3) is 4.97. The lowest BCUT2D eigenvalue weighted by molar-refractivity contribution is -0.139. The molecule has 0 saturated heterocycles. The first-order chi connectivity index (χ1) is 12.8.